The molecule has 1 aliphatic heterocycles. The summed E-state index contributed by atoms with van der Waals surface area (Å²) in [4.78, 5) is 16.5. The molecule has 0 radical (unpaired) electrons. The molecule has 0 bridgehead atoms. The molecular weight excluding hydrogens is 306 g/mol. The van der Waals surface area contributed by atoms with E-state index in [1.54, 1.807) is 24.5 Å². The van der Waals surface area contributed by atoms with Gasteiger partial charge in [0.1, 0.15) is 5.75 Å². The Labute approximate surface area is 138 Å². The lowest BCUT2D eigenvalue weighted by atomic mass is 9.97. The fourth-order valence-corrected chi connectivity index (χ4v) is 2.82. The van der Waals surface area contributed by atoms with Crippen molar-refractivity contribution in [2.75, 3.05) is 5.32 Å². The molecule has 6 heteroatoms. The number of hydrogen-bond donors (Lipinski definition) is 1. The van der Waals surface area contributed by atoms with E-state index in [1.165, 1.54) is 0 Å². The summed E-state index contributed by atoms with van der Waals surface area (Å²) in [6.07, 6.45) is 2.77. The average molecular weight is 321 g/mol. The molecule has 1 aromatic carbocycles. The molecule has 1 aliphatic rings. The summed E-state index contributed by atoms with van der Waals surface area (Å²) in [7, 11) is 0. The van der Waals surface area contributed by atoms with Crippen molar-refractivity contribution in [3.63, 3.8) is 0 Å². The third-order valence-electron chi connectivity index (χ3n) is 4.08. The lowest BCUT2D eigenvalue weighted by Gasteiger charge is -2.13. The lowest BCUT2D eigenvalue weighted by Crippen LogP contribution is -2.33. The number of rotatable bonds is 3. The third kappa shape index (κ3) is 2.52. The number of anilines is 1. The molecule has 3 aromatic rings. The van der Waals surface area contributed by atoms with Gasteiger partial charge in [-0.15, -0.1) is 0 Å². The Balaban J connectivity index is 1.49. The molecule has 0 aliphatic carbocycles. The number of para-hydroxylation sites is 1. The van der Waals surface area contributed by atoms with Crippen molar-refractivity contribution in [1.82, 2.24) is 10.1 Å². The maximum atomic E-state index is 12.5. The summed E-state index contributed by atoms with van der Waals surface area (Å²) in [5, 5.41) is 6.64. The Kier molecular flexibility index (Phi) is 3.49. The summed E-state index contributed by atoms with van der Waals surface area (Å²) >= 11 is 0. The van der Waals surface area contributed by atoms with E-state index in [9.17, 15) is 4.79 Å². The lowest BCUT2D eigenvalue weighted by molar-refractivity contribution is -0.122. The predicted molar refractivity (Wildman–Crippen MR) is 87.6 cm³/mol. The first-order chi connectivity index (χ1) is 11.7. The van der Waals surface area contributed by atoms with Gasteiger partial charge in [0.2, 0.25) is 0 Å². The fraction of sp³-hybridized carbons (Fsp3) is 0.167. The van der Waals surface area contributed by atoms with Crippen molar-refractivity contribution in [3.8, 4) is 17.1 Å². The van der Waals surface area contributed by atoms with Crippen molar-refractivity contribution < 1.29 is 14.1 Å². The van der Waals surface area contributed by atoms with E-state index in [-0.39, 0.29) is 11.8 Å². The zero-order chi connectivity index (χ0) is 16.5. The Morgan fingerprint density at radius 3 is 2.88 bits per heavy atom. The fourth-order valence-electron chi connectivity index (χ4n) is 2.82. The molecule has 4 rings (SSSR count). The van der Waals surface area contributed by atoms with Crippen LogP contribution in [0, 0.1) is 0 Å². The van der Waals surface area contributed by atoms with Gasteiger partial charge < -0.3 is 14.6 Å². The molecule has 1 N–H and O–H groups in total. The second-order valence-corrected chi connectivity index (χ2v) is 5.67. The third-order valence-corrected chi connectivity index (χ3v) is 4.08. The van der Waals surface area contributed by atoms with Gasteiger partial charge in [-0.05, 0) is 18.2 Å². The van der Waals surface area contributed by atoms with Crippen LogP contribution in [-0.2, 0) is 4.79 Å². The highest BCUT2D eigenvalue weighted by Gasteiger charge is 2.36. The molecule has 120 valence electrons. The van der Waals surface area contributed by atoms with Crippen LogP contribution < -0.4 is 10.1 Å². The highest BCUT2D eigenvalue weighted by molar-refractivity contribution is 5.95. The van der Waals surface area contributed by atoms with Gasteiger partial charge in [-0.3, -0.25) is 9.78 Å². The Hall–Kier alpha value is -3.15. The largest absolute Gasteiger partial charge is 0.480 e. The number of fused-ring (bicyclic) bond motifs is 1. The van der Waals surface area contributed by atoms with Crippen molar-refractivity contribution in [3.05, 3.63) is 60.4 Å². The number of nitrogens with zero attached hydrogens (tertiary/aromatic N) is 2. The normalized spacial score (nSPS) is 18.7. The van der Waals surface area contributed by atoms with Crippen molar-refractivity contribution in [1.29, 1.82) is 0 Å². The first-order valence-electron chi connectivity index (χ1n) is 7.66. The monoisotopic (exact) mass is 321 g/mol. The number of aromatic nitrogens is 2. The van der Waals surface area contributed by atoms with Crippen LogP contribution in [0.15, 0.2) is 59.4 Å². The Morgan fingerprint density at radius 2 is 2.08 bits per heavy atom. The zero-order valence-corrected chi connectivity index (χ0v) is 13.0. The van der Waals surface area contributed by atoms with Gasteiger partial charge in [-0.25, -0.2) is 0 Å². The first kappa shape index (κ1) is 14.4. The van der Waals surface area contributed by atoms with Gasteiger partial charge in [0.15, 0.2) is 17.7 Å². The van der Waals surface area contributed by atoms with Crippen LogP contribution in [-0.4, -0.2) is 22.2 Å². The molecule has 0 saturated heterocycles. The minimum Gasteiger partial charge on any atom is -0.480 e. The van der Waals surface area contributed by atoms with E-state index >= 15 is 0 Å². The maximum absolute atomic E-state index is 12.5. The van der Waals surface area contributed by atoms with E-state index < -0.39 is 6.10 Å². The summed E-state index contributed by atoms with van der Waals surface area (Å²) < 4.78 is 11.0. The molecule has 2 aromatic heterocycles. The quantitative estimate of drug-likeness (QED) is 0.801. The first-order valence-corrected chi connectivity index (χ1v) is 7.66. The molecule has 0 fully saturated rings. The number of nitrogens with one attached hydrogen (secondary N) is 1. The summed E-state index contributed by atoms with van der Waals surface area (Å²) in [6.45, 7) is 1.97. The number of benzene rings is 1. The van der Waals surface area contributed by atoms with Crippen molar-refractivity contribution >= 4 is 11.7 Å². The molecule has 6 nitrogen and oxygen atoms in total. The standard InChI is InChI=1S/C18H15N3O3/c1-11-13-6-2-3-7-14(13)23-17(11)18(22)20-16-9-15(24-21-16)12-5-4-8-19-10-12/h2-11,17H,1H3,(H,20,21,22). The highest BCUT2D eigenvalue weighted by atomic mass is 16.5. The van der Waals surface area contributed by atoms with Gasteiger partial charge in [0.05, 0.1) is 0 Å². The maximum Gasteiger partial charge on any atom is 0.267 e. The van der Waals surface area contributed by atoms with Crippen LogP contribution in [0.3, 0.4) is 0 Å². The van der Waals surface area contributed by atoms with Crippen LogP contribution >= 0.6 is 0 Å². The molecule has 3 heterocycles. The van der Waals surface area contributed by atoms with Crippen LogP contribution in [0.4, 0.5) is 5.82 Å². The molecule has 0 spiro atoms. The molecule has 2 atom stereocenters. The zero-order valence-electron chi connectivity index (χ0n) is 13.0. The number of ether oxygens (including phenoxy) is 1. The van der Waals surface area contributed by atoms with Gasteiger partial charge in [-0.1, -0.05) is 30.3 Å². The summed E-state index contributed by atoms with van der Waals surface area (Å²) in [5.41, 5.74) is 1.83. The second kappa shape index (κ2) is 5.81. The number of amides is 1. The van der Waals surface area contributed by atoms with Crippen LogP contribution in [0.1, 0.15) is 18.4 Å². The molecular formula is C18H15N3O3. The predicted octanol–water partition coefficient (Wildman–Crippen LogP) is 3.24. The van der Waals surface area contributed by atoms with Crippen molar-refractivity contribution in [2.45, 2.75) is 18.9 Å². The van der Waals surface area contributed by atoms with E-state index in [2.05, 4.69) is 15.5 Å². The molecule has 24 heavy (non-hydrogen) atoms. The van der Waals surface area contributed by atoms with Gasteiger partial charge in [0, 0.05) is 35.5 Å². The van der Waals surface area contributed by atoms with Gasteiger partial charge >= 0.3 is 0 Å². The topological polar surface area (TPSA) is 77.2 Å². The Morgan fingerprint density at radius 1 is 1.21 bits per heavy atom. The van der Waals surface area contributed by atoms with E-state index in [4.69, 9.17) is 9.26 Å². The SMILES string of the molecule is CC1c2ccccc2OC1C(=O)Nc1cc(-c2cccnc2)on1. The summed E-state index contributed by atoms with van der Waals surface area (Å²) in [6, 6.07) is 13.0. The highest BCUT2D eigenvalue weighted by Crippen LogP contribution is 2.38. The molecule has 0 saturated carbocycles. The second-order valence-electron chi connectivity index (χ2n) is 5.67. The van der Waals surface area contributed by atoms with Gasteiger partial charge in [-0.2, -0.15) is 0 Å². The smallest absolute Gasteiger partial charge is 0.267 e. The minimum atomic E-state index is -0.582. The van der Waals surface area contributed by atoms with Crippen LogP contribution in [0.5, 0.6) is 5.75 Å². The minimum absolute atomic E-state index is 0.0223. The van der Waals surface area contributed by atoms with Gasteiger partial charge in [0.25, 0.3) is 5.91 Å². The van der Waals surface area contributed by atoms with E-state index in [1.807, 2.05) is 37.3 Å². The number of carbonyl (C=O) groups is 1. The van der Waals surface area contributed by atoms with E-state index in [0.717, 1.165) is 16.9 Å². The van der Waals surface area contributed by atoms with Crippen LogP contribution in [0.25, 0.3) is 11.3 Å². The number of hydrogen-bond acceptors (Lipinski definition) is 5. The van der Waals surface area contributed by atoms with Crippen molar-refractivity contribution in [2.24, 2.45) is 0 Å². The average Bonchev–Trinajstić information content (AvgIpc) is 3.21. The molecule has 1 amide bonds. The number of carbonyl (C=O) groups excluding carboxylic acids is 1. The Bertz CT molecular complexity index is 876. The van der Waals surface area contributed by atoms with E-state index in [0.29, 0.717) is 11.6 Å². The summed E-state index contributed by atoms with van der Waals surface area (Å²) in [5.74, 6) is 1.38. The molecule has 2 unspecified atom stereocenters. The van der Waals surface area contributed by atoms with Crippen LogP contribution in [0.2, 0.25) is 0 Å². The number of pyridine rings is 1.